The van der Waals surface area contributed by atoms with Crippen LogP contribution in [0.25, 0.3) is 11.1 Å². The van der Waals surface area contributed by atoms with Gasteiger partial charge >= 0.3 is 0 Å². The lowest BCUT2D eigenvalue weighted by Crippen LogP contribution is -2.48. The van der Waals surface area contributed by atoms with Crippen LogP contribution in [0.15, 0.2) is 16.8 Å². The summed E-state index contributed by atoms with van der Waals surface area (Å²) < 4.78 is 5.33. The Morgan fingerprint density at radius 3 is 2.87 bits per heavy atom. The molecule has 1 fully saturated rings. The number of pyridine rings is 1. The summed E-state index contributed by atoms with van der Waals surface area (Å²) >= 11 is 0. The maximum absolute atomic E-state index is 13.6. The van der Waals surface area contributed by atoms with Crippen molar-refractivity contribution in [2.24, 2.45) is 0 Å². The lowest BCUT2D eigenvalue weighted by molar-refractivity contribution is 0.0635. The minimum absolute atomic E-state index is 0.0196. The Balaban J connectivity index is 1.52. The van der Waals surface area contributed by atoms with E-state index in [0.29, 0.717) is 28.9 Å². The number of amides is 1. The van der Waals surface area contributed by atoms with Crippen molar-refractivity contribution < 1.29 is 9.32 Å². The molecule has 2 aliphatic rings. The van der Waals surface area contributed by atoms with E-state index in [1.54, 1.807) is 0 Å². The van der Waals surface area contributed by atoms with Crippen LogP contribution in [0, 0.1) is 13.8 Å². The molecule has 1 atom stereocenters. The van der Waals surface area contributed by atoms with Crippen molar-refractivity contribution in [3.8, 4) is 0 Å². The molecule has 1 amide bonds. The zero-order chi connectivity index (χ0) is 21.0. The number of aromatic nitrogens is 4. The predicted octanol–water partition coefficient (Wildman–Crippen LogP) is 2.82. The van der Waals surface area contributed by atoms with Gasteiger partial charge in [0.2, 0.25) is 5.95 Å². The average molecular weight is 406 g/mol. The number of piperidine rings is 1. The van der Waals surface area contributed by atoms with Crippen LogP contribution < -0.4 is 4.90 Å². The summed E-state index contributed by atoms with van der Waals surface area (Å²) in [5.74, 6) is 0.747. The minimum Gasteiger partial charge on any atom is -0.347 e. The molecule has 0 radical (unpaired) electrons. The quantitative estimate of drug-likeness (QED) is 0.646. The molecular weight excluding hydrogens is 380 g/mol. The van der Waals surface area contributed by atoms with Gasteiger partial charge in [0.05, 0.1) is 22.3 Å². The van der Waals surface area contributed by atoms with Gasteiger partial charge in [-0.25, -0.2) is 15.0 Å². The molecule has 1 aliphatic carbocycles. The van der Waals surface area contributed by atoms with Gasteiger partial charge in [-0.1, -0.05) is 5.16 Å². The van der Waals surface area contributed by atoms with Gasteiger partial charge < -0.3 is 14.3 Å². The van der Waals surface area contributed by atoms with E-state index in [4.69, 9.17) is 9.51 Å². The summed E-state index contributed by atoms with van der Waals surface area (Å²) in [4.78, 5) is 31.3. The summed E-state index contributed by atoms with van der Waals surface area (Å²) in [6.45, 7) is 5.15. The molecule has 3 aromatic rings. The molecule has 1 unspecified atom stereocenters. The van der Waals surface area contributed by atoms with E-state index in [2.05, 4.69) is 15.1 Å². The molecule has 0 aromatic carbocycles. The van der Waals surface area contributed by atoms with Gasteiger partial charge in [-0.15, -0.1) is 0 Å². The molecule has 1 saturated heterocycles. The molecule has 8 nitrogen and oxygen atoms in total. The number of carbonyl (C=O) groups excluding carboxylic acids is 1. The van der Waals surface area contributed by atoms with Gasteiger partial charge in [-0.3, -0.25) is 4.79 Å². The second kappa shape index (κ2) is 6.75. The maximum atomic E-state index is 13.6. The molecular formula is C22H26N6O2. The fourth-order valence-corrected chi connectivity index (χ4v) is 5.01. The van der Waals surface area contributed by atoms with Crippen molar-refractivity contribution >= 4 is 23.0 Å². The van der Waals surface area contributed by atoms with Crippen LogP contribution in [0.4, 0.5) is 5.95 Å². The molecule has 0 saturated carbocycles. The van der Waals surface area contributed by atoms with Crippen LogP contribution in [0.3, 0.4) is 0 Å². The Bertz CT molecular complexity index is 1150. The summed E-state index contributed by atoms with van der Waals surface area (Å²) in [6.07, 6.45) is 5.94. The van der Waals surface area contributed by atoms with E-state index in [1.165, 1.54) is 5.56 Å². The molecule has 4 heterocycles. The number of hydrogen-bond donors (Lipinski definition) is 0. The third kappa shape index (κ3) is 2.85. The third-order valence-electron chi connectivity index (χ3n) is 6.47. The van der Waals surface area contributed by atoms with E-state index in [-0.39, 0.29) is 11.3 Å². The highest BCUT2D eigenvalue weighted by Gasteiger charge is 2.45. The first-order valence-corrected chi connectivity index (χ1v) is 10.4. The second-order valence-electron chi connectivity index (χ2n) is 8.81. The van der Waals surface area contributed by atoms with Gasteiger partial charge in [-0.05, 0) is 51.2 Å². The van der Waals surface area contributed by atoms with Gasteiger partial charge in [-0.2, -0.15) is 0 Å². The van der Waals surface area contributed by atoms with Crippen LogP contribution in [0.2, 0.25) is 0 Å². The van der Waals surface area contributed by atoms with E-state index >= 15 is 0 Å². The van der Waals surface area contributed by atoms with Crippen molar-refractivity contribution in [2.45, 2.75) is 44.9 Å². The molecule has 1 spiro atoms. The summed E-state index contributed by atoms with van der Waals surface area (Å²) in [5.41, 5.74) is 4.75. The monoisotopic (exact) mass is 406 g/mol. The van der Waals surface area contributed by atoms with Crippen molar-refractivity contribution in [1.82, 2.24) is 25.0 Å². The average Bonchev–Trinajstić information content (AvgIpc) is 3.27. The zero-order valence-corrected chi connectivity index (χ0v) is 17.9. The number of carbonyl (C=O) groups is 1. The van der Waals surface area contributed by atoms with Gasteiger partial charge in [0.1, 0.15) is 0 Å². The van der Waals surface area contributed by atoms with Gasteiger partial charge in [0, 0.05) is 44.5 Å². The Morgan fingerprint density at radius 2 is 2.07 bits per heavy atom. The summed E-state index contributed by atoms with van der Waals surface area (Å²) in [6, 6.07) is 1.85. The topological polar surface area (TPSA) is 88.3 Å². The number of anilines is 1. The number of aryl methyl sites for hydroxylation is 3. The first-order chi connectivity index (χ1) is 14.4. The lowest BCUT2D eigenvalue weighted by Gasteiger charge is -2.40. The first-order valence-electron chi connectivity index (χ1n) is 10.4. The van der Waals surface area contributed by atoms with Gasteiger partial charge in [0.15, 0.2) is 0 Å². The summed E-state index contributed by atoms with van der Waals surface area (Å²) in [5, 5.41) is 4.74. The zero-order valence-electron chi connectivity index (χ0n) is 17.9. The Morgan fingerprint density at radius 1 is 1.23 bits per heavy atom. The first kappa shape index (κ1) is 19.0. The standard InChI is InChI=1S/C22H26N6O2/c1-13-10-16(17-14(2)26-30-19(17)24-13)20(29)28-9-5-7-22(12-28)8-6-15-11-23-21(27(3)4)25-18(15)22/h10-11H,5-9,12H2,1-4H3. The number of hydrogen-bond acceptors (Lipinski definition) is 7. The van der Waals surface area contributed by atoms with E-state index in [0.717, 1.165) is 49.6 Å². The van der Waals surface area contributed by atoms with Crippen molar-refractivity contribution in [3.63, 3.8) is 0 Å². The van der Waals surface area contributed by atoms with Crippen LogP contribution >= 0.6 is 0 Å². The number of likely N-dealkylation sites (tertiary alicyclic amines) is 1. The highest BCUT2D eigenvalue weighted by atomic mass is 16.5. The highest BCUT2D eigenvalue weighted by molar-refractivity contribution is 6.06. The maximum Gasteiger partial charge on any atom is 0.258 e. The molecule has 1 aliphatic heterocycles. The van der Waals surface area contributed by atoms with E-state index < -0.39 is 0 Å². The Labute approximate surface area is 175 Å². The van der Waals surface area contributed by atoms with E-state index in [1.807, 2.05) is 50.0 Å². The van der Waals surface area contributed by atoms with Crippen LogP contribution in [-0.2, 0) is 11.8 Å². The molecule has 30 heavy (non-hydrogen) atoms. The molecule has 3 aromatic heterocycles. The number of fused-ring (bicyclic) bond motifs is 3. The molecule has 0 bridgehead atoms. The third-order valence-corrected chi connectivity index (χ3v) is 6.47. The highest BCUT2D eigenvalue weighted by Crippen LogP contribution is 2.44. The SMILES string of the molecule is Cc1cc(C(=O)N2CCCC3(CCc4cnc(N(C)C)nc43)C2)c2c(C)noc2n1. The molecule has 8 heteroatoms. The fraction of sp³-hybridized carbons (Fsp3) is 0.500. The lowest BCUT2D eigenvalue weighted by atomic mass is 9.77. The Hall–Kier alpha value is -3.03. The summed E-state index contributed by atoms with van der Waals surface area (Å²) in [7, 11) is 3.91. The molecule has 0 N–H and O–H groups in total. The Kier molecular flexibility index (Phi) is 4.27. The molecule has 5 rings (SSSR count). The van der Waals surface area contributed by atoms with Gasteiger partial charge in [0.25, 0.3) is 11.6 Å². The number of rotatable bonds is 2. The van der Waals surface area contributed by atoms with Crippen molar-refractivity contribution in [1.29, 1.82) is 0 Å². The second-order valence-corrected chi connectivity index (χ2v) is 8.81. The number of nitrogens with zero attached hydrogens (tertiary/aromatic N) is 6. The van der Waals surface area contributed by atoms with Crippen LogP contribution in [0.5, 0.6) is 0 Å². The fourth-order valence-electron chi connectivity index (χ4n) is 5.01. The van der Waals surface area contributed by atoms with E-state index in [9.17, 15) is 4.79 Å². The van der Waals surface area contributed by atoms with Crippen molar-refractivity contribution in [2.75, 3.05) is 32.1 Å². The smallest absolute Gasteiger partial charge is 0.258 e. The largest absolute Gasteiger partial charge is 0.347 e. The van der Waals surface area contributed by atoms with Crippen LogP contribution in [0.1, 0.15) is 52.3 Å². The predicted molar refractivity (Wildman–Crippen MR) is 113 cm³/mol. The minimum atomic E-state index is -0.0954. The van der Waals surface area contributed by atoms with Crippen molar-refractivity contribution in [3.05, 3.63) is 40.5 Å². The van der Waals surface area contributed by atoms with Crippen LogP contribution in [-0.4, -0.2) is 58.1 Å². The normalized spacial score (nSPS) is 20.7. The molecule has 156 valence electrons.